The zero-order valence-corrected chi connectivity index (χ0v) is 12.6. The van der Waals surface area contributed by atoms with Crippen LogP contribution in [-0.4, -0.2) is 29.0 Å². The van der Waals surface area contributed by atoms with E-state index in [4.69, 9.17) is 0 Å². The standard InChI is InChI=1S/C18H21N3O/c22-18(20-14-15-5-4-10-19-13-15)21-11-8-17(9-12-21)16-6-2-1-3-7-16/h1-7,10,13,17H,8-9,11-12,14H2,(H,20,22). The fraction of sp³-hybridized carbons (Fsp3) is 0.333. The molecule has 1 aliphatic heterocycles. The number of hydrogen-bond donors (Lipinski definition) is 1. The van der Waals surface area contributed by atoms with Crippen LogP contribution in [0.3, 0.4) is 0 Å². The lowest BCUT2D eigenvalue weighted by Gasteiger charge is -2.32. The molecule has 1 fully saturated rings. The molecule has 2 aromatic rings. The lowest BCUT2D eigenvalue weighted by atomic mass is 9.90. The summed E-state index contributed by atoms with van der Waals surface area (Å²) >= 11 is 0. The Labute approximate surface area is 131 Å². The number of carbonyl (C=O) groups is 1. The van der Waals surface area contributed by atoms with Gasteiger partial charge in [-0.2, -0.15) is 0 Å². The Balaban J connectivity index is 1.48. The molecule has 0 atom stereocenters. The van der Waals surface area contributed by atoms with Crippen molar-refractivity contribution in [2.45, 2.75) is 25.3 Å². The van der Waals surface area contributed by atoms with Crippen molar-refractivity contribution in [3.8, 4) is 0 Å². The van der Waals surface area contributed by atoms with Gasteiger partial charge in [0.25, 0.3) is 0 Å². The zero-order valence-electron chi connectivity index (χ0n) is 12.6. The van der Waals surface area contributed by atoms with Gasteiger partial charge in [0, 0.05) is 32.0 Å². The number of nitrogens with zero attached hydrogens (tertiary/aromatic N) is 2. The first kappa shape index (κ1) is 14.6. The number of carbonyl (C=O) groups excluding carboxylic acids is 1. The largest absolute Gasteiger partial charge is 0.334 e. The number of benzene rings is 1. The van der Waals surface area contributed by atoms with Gasteiger partial charge in [-0.15, -0.1) is 0 Å². The maximum atomic E-state index is 12.2. The molecule has 0 radical (unpaired) electrons. The highest BCUT2D eigenvalue weighted by Crippen LogP contribution is 2.27. The lowest BCUT2D eigenvalue weighted by molar-refractivity contribution is 0.181. The first-order valence-corrected chi connectivity index (χ1v) is 7.79. The van der Waals surface area contributed by atoms with Crippen LogP contribution in [0.15, 0.2) is 54.9 Å². The molecule has 0 aliphatic carbocycles. The highest BCUT2D eigenvalue weighted by atomic mass is 16.2. The zero-order chi connectivity index (χ0) is 15.2. The van der Waals surface area contributed by atoms with Crippen molar-refractivity contribution >= 4 is 6.03 Å². The van der Waals surface area contributed by atoms with Crippen LogP contribution >= 0.6 is 0 Å². The number of likely N-dealkylation sites (tertiary alicyclic amines) is 1. The minimum Gasteiger partial charge on any atom is -0.334 e. The van der Waals surface area contributed by atoms with E-state index in [1.807, 2.05) is 23.1 Å². The van der Waals surface area contributed by atoms with Gasteiger partial charge in [-0.05, 0) is 36.0 Å². The lowest BCUT2D eigenvalue weighted by Crippen LogP contribution is -2.43. The predicted molar refractivity (Wildman–Crippen MR) is 86.5 cm³/mol. The van der Waals surface area contributed by atoms with Crippen molar-refractivity contribution in [3.05, 3.63) is 66.0 Å². The van der Waals surface area contributed by atoms with E-state index in [1.54, 1.807) is 12.4 Å². The summed E-state index contributed by atoms with van der Waals surface area (Å²) in [5.74, 6) is 0.573. The molecule has 1 aromatic carbocycles. The van der Waals surface area contributed by atoms with Crippen LogP contribution in [0.1, 0.15) is 29.9 Å². The predicted octanol–water partition coefficient (Wildman–Crippen LogP) is 3.17. The molecule has 1 aromatic heterocycles. The molecule has 4 heteroatoms. The van der Waals surface area contributed by atoms with Gasteiger partial charge < -0.3 is 10.2 Å². The summed E-state index contributed by atoms with van der Waals surface area (Å²) in [6, 6.07) is 14.5. The molecule has 0 unspecified atom stereocenters. The number of rotatable bonds is 3. The maximum Gasteiger partial charge on any atom is 0.317 e. The Morgan fingerprint density at radius 1 is 1.14 bits per heavy atom. The van der Waals surface area contributed by atoms with Gasteiger partial charge in [0.15, 0.2) is 0 Å². The average molecular weight is 295 g/mol. The van der Waals surface area contributed by atoms with Crippen molar-refractivity contribution in [3.63, 3.8) is 0 Å². The number of urea groups is 1. The smallest absolute Gasteiger partial charge is 0.317 e. The van der Waals surface area contributed by atoms with Gasteiger partial charge in [-0.25, -0.2) is 4.79 Å². The van der Waals surface area contributed by atoms with Gasteiger partial charge in [0.05, 0.1) is 0 Å². The Morgan fingerprint density at radius 2 is 1.91 bits per heavy atom. The fourth-order valence-corrected chi connectivity index (χ4v) is 2.93. The summed E-state index contributed by atoms with van der Waals surface area (Å²) in [6.07, 6.45) is 5.58. The van der Waals surface area contributed by atoms with Crippen molar-refractivity contribution in [2.24, 2.45) is 0 Å². The number of pyridine rings is 1. The van der Waals surface area contributed by atoms with E-state index in [0.29, 0.717) is 12.5 Å². The van der Waals surface area contributed by atoms with Crippen LogP contribution in [0.2, 0.25) is 0 Å². The third-order valence-electron chi connectivity index (χ3n) is 4.22. The fourth-order valence-electron chi connectivity index (χ4n) is 2.93. The highest BCUT2D eigenvalue weighted by molar-refractivity contribution is 5.74. The summed E-state index contributed by atoms with van der Waals surface area (Å²) in [5.41, 5.74) is 2.41. The van der Waals surface area contributed by atoms with Crippen LogP contribution in [-0.2, 0) is 6.54 Å². The quantitative estimate of drug-likeness (QED) is 0.945. The summed E-state index contributed by atoms with van der Waals surface area (Å²) in [6.45, 7) is 2.17. The molecule has 1 saturated heterocycles. The minimum absolute atomic E-state index is 0.0235. The van der Waals surface area contributed by atoms with Crippen LogP contribution in [0.5, 0.6) is 0 Å². The molecule has 1 aliphatic rings. The molecular formula is C18H21N3O. The second-order valence-corrected chi connectivity index (χ2v) is 5.69. The normalized spacial score (nSPS) is 15.5. The van der Waals surface area contributed by atoms with E-state index in [-0.39, 0.29) is 6.03 Å². The summed E-state index contributed by atoms with van der Waals surface area (Å²) in [7, 11) is 0. The van der Waals surface area contributed by atoms with Crippen LogP contribution < -0.4 is 5.32 Å². The molecule has 3 rings (SSSR count). The van der Waals surface area contributed by atoms with Crippen molar-refractivity contribution in [2.75, 3.05) is 13.1 Å². The molecule has 114 valence electrons. The third-order valence-corrected chi connectivity index (χ3v) is 4.22. The van der Waals surface area contributed by atoms with Crippen LogP contribution in [0, 0.1) is 0 Å². The summed E-state index contributed by atoms with van der Waals surface area (Å²) in [4.78, 5) is 18.2. The van der Waals surface area contributed by atoms with E-state index >= 15 is 0 Å². The Kier molecular flexibility index (Phi) is 4.68. The second-order valence-electron chi connectivity index (χ2n) is 5.69. The maximum absolute atomic E-state index is 12.2. The molecule has 0 bridgehead atoms. The monoisotopic (exact) mass is 295 g/mol. The van der Waals surface area contributed by atoms with Crippen LogP contribution in [0.4, 0.5) is 4.79 Å². The number of piperidine rings is 1. The summed E-state index contributed by atoms with van der Waals surface area (Å²) < 4.78 is 0. The van der Waals surface area contributed by atoms with Crippen molar-refractivity contribution in [1.29, 1.82) is 0 Å². The molecule has 22 heavy (non-hydrogen) atoms. The molecule has 4 nitrogen and oxygen atoms in total. The van der Waals surface area contributed by atoms with Gasteiger partial charge in [-0.3, -0.25) is 4.98 Å². The minimum atomic E-state index is 0.0235. The van der Waals surface area contributed by atoms with E-state index in [2.05, 4.69) is 34.6 Å². The molecule has 2 amide bonds. The Bertz CT molecular complexity index is 592. The second kappa shape index (κ2) is 7.07. The molecule has 1 N–H and O–H groups in total. The molecule has 0 spiro atoms. The molecular weight excluding hydrogens is 274 g/mol. The third kappa shape index (κ3) is 3.64. The molecule has 2 heterocycles. The van der Waals surface area contributed by atoms with Crippen molar-refractivity contribution in [1.82, 2.24) is 15.2 Å². The van der Waals surface area contributed by atoms with E-state index in [0.717, 1.165) is 31.5 Å². The molecule has 0 saturated carbocycles. The summed E-state index contributed by atoms with van der Waals surface area (Å²) in [5, 5.41) is 2.97. The Hall–Kier alpha value is -2.36. The number of amides is 2. The number of hydrogen-bond acceptors (Lipinski definition) is 2. The highest BCUT2D eigenvalue weighted by Gasteiger charge is 2.23. The topological polar surface area (TPSA) is 45.2 Å². The van der Waals surface area contributed by atoms with Gasteiger partial charge in [-0.1, -0.05) is 36.4 Å². The first-order valence-electron chi connectivity index (χ1n) is 7.79. The van der Waals surface area contributed by atoms with Gasteiger partial charge >= 0.3 is 6.03 Å². The van der Waals surface area contributed by atoms with Crippen molar-refractivity contribution < 1.29 is 4.79 Å². The van der Waals surface area contributed by atoms with E-state index in [9.17, 15) is 4.79 Å². The van der Waals surface area contributed by atoms with E-state index in [1.165, 1.54) is 5.56 Å². The van der Waals surface area contributed by atoms with Gasteiger partial charge in [0.1, 0.15) is 0 Å². The number of aromatic nitrogens is 1. The van der Waals surface area contributed by atoms with Crippen LogP contribution in [0.25, 0.3) is 0 Å². The number of nitrogens with one attached hydrogen (secondary N) is 1. The SMILES string of the molecule is O=C(NCc1cccnc1)N1CCC(c2ccccc2)CC1. The van der Waals surface area contributed by atoms with Gasteiger partial charge in [0.2, 0.25) is 0 Å². The van der Waals surface area contributed by atoms with E-state index < -0.39 is 0 Å². The average Bonchev–Trinajstić information content (AvgIpc) is 2.61. The Morgan fingerprint density at radius 3 is 2.59 bits per heavy atom. The first-order chi connectivity index (χ1) is 10.8.